The average Bonchev–Trinajstić information content (AvgIpc) is 2.63. The minimum absolute atomic E-state index is 0.227. The van der Waals surface area contributed by atoms with Crippen molar-refractivity contribution in [2.75, 3.05) is 18.4 Å². The second kappa shape index (κ2) is 7.45. The Balaban J connectivity index is 1.81. The zero-order chi connectivity index (χ0) is 17.9. The summed E-state index contributed by atoms with van der Waals surface area (Å²) >= 11 is 0. The van der Waals surface area contributed by atoms with E-state index in [0.717, 1.165) is 36.1 Å². The molecular formula is C19H24N2O3S. The summed E-state index contributed by atoms with van der Waals surface area (Å²) in [7, 11) is -3.45. The van der Waals surface area contributed by atoms with Crippen molar-refractivity contribution in [3.63, 3.8) is 0 Å². The molecule has 1 aliphatic rings. The summed E-state index contributed by atoms with van der Waals surface area (Å²) in [6.45, 7) is 3.55. The van der Waals surface area contributed by atoms with Gasteiger partial charge in [0.2, 0.25) is 10.0 Å². The molecule has 1 saturated heterocycles. The summed E-state index contributed by atoms with van der Waals surface area (Å²) in [5, 5.41) is 13.1. The van der Waals surface area contributed by atoms with Crippen molar-refractivity contribution in [3.05, 3.63) is 53.6 Å². The van der Waals surface area contributed by atoms with Crippen molar-refractivity contribution in [2.24, 2.45) is 0 Å². The number of phenolic OH excluding ortho intramolecular Hbond substituents is 1. The van der Waals surface area contributed by atoms with E-state index in [2.05, 4.69) is 5.32 Å². The first kappa shape index (κ1) is 17.8. The third-order valence-electron chi connectivity index (χ3n) is 4.62. The van der Waals surface area contributed by atoms with Gasteiger partial charge in [-0.05, 0) is 43.5 Å². The third kappa shape index (κ3) is 3.96. The molecule has 2 N–H and O–H groups in total. The Labute approximate surface area is 149 Å². The van der Waals surface area contributed by atoms with Crippen LogP contribution in [0.15, 0.2) is 47.4 Å². The summed E-state index contributed by atoms with van der Waals surface area (Å²) < 4.78 is 27.3. The minimum Gasteiger partial charge on any atom is -0.508 e. The number of phenols is 1. The summed E-state index contributed by atoms with van der Waals surface area (Å²) in [5.41, 5.74) is 2.50. The van der Waals surface area contributed by atoms with Gasteiger partial charge in [0.15, 0.2) is 0 Å². The Morgan fingerprint density at radius 3 is 2.52 bits per heavy atom. The van der Waals surface area contributed by atoms with E-state index in [9.17, 15) is 13.5 Å². The van der Waals surface area contributed by atoms with E-state index in [1.54, 1.807) is 28.6 Å². The summed E-state index contributed by atoms with van der Waals surface area (Å²) in [5.74, 6) is 0.227. The number of aryl methyl sites for hydroxylation is 1. The van der Waals surface area contributed by atoms with Gasteiger partial charge in [-0.2, -0.15) is 4.31 Å². The zero-order valence-electron chi connectivity index (χ0n) is 14.4. The van der Waals surface area contributed by atoms with E-state index in [4.69, 9.17) is 0 Å². The predicted octanol–water partition coefficient (Wildman–Crippen LogP) is 3.49. The molecule has 1 aliphatic heterocycles. The van der Waals surface area contributed by atoms with E-state index in [-0.39, 0.29) is 5.75 Å². The number of rotatable bonds is 5. The van der Waals surface area contributed by atoms with E-state index in [1.165, 1.54) is 0 Å². The highest BCUT2D eigenvalue weighted by atomic mass is 32.2. The molecule has 0 saturated carbocycles. The number of hydrogen-bond acceptors (Lipinski definition) is 4. The molecule has 2 aromatic carbocycles. The van der Waals surface area contributed by atoms with Crippen LogP contribution in [0.5, 0.6) is 5.75 Å². The highest BCUT2D eigenvalue weighted by molar-refractivity contribution is 7.89. The van der Waals surface area contributed by atoms with Crippen LogP contribution in [-0.4, -0.2) is 30.9 Å². The minimum atomic E-state index is -3.45. The topological polar surface area (TPSA) is 69.6 Å². The van der Waals surface area contributed by atoms with Crippen molar-refractivity contribution < 1.29 is 13.5 Å². The van der Waals surface area contributed by atoms with Crippen LogP contribution in [0.25, 0.3) is 0 Å². The third-order valence-corrected chi connectivity index (χ3v) is 6.52. The van der Waals surface area contributed by atoms with Gasteiger partial charge < -0.3 is 10.4 Å². The van der Waals surface area contributed by atoms with Gasteiger partial charge in [-0.1, -0.05) is 30.7 Å². The van der Waals surface area contributed by atoms with E-state index < -0.39 is 10.0 Å². The van der Waals surface area contributed by atoms with Crippen LogP contribution in [0.1, 0.15) is 30.4 Å². The number of aromatic hydroxyl groups is 1. The molecule has 2 aromatic rings. The summed E-state index contributed by atoms with van der Waals surface area (Å²) in [6.07, 6.45) is 2.93. The SMILES string of the molecule is Cc1ccc(S(=O)(=O)N2CCCCC2)cc1NCc1ccccc1O. The molecule has 1 heterocycles. The number of hydrogen-bond donors (Lipinski definition) is 2. The van der Waals surface area contributed by atoms with Gasteiger partial charge in [0, 0.05) is 30.9 Å². The van der Waals surface area contributed by atoms with Gasteiger partial charge in [0.05, 0.1) is 4.90 Å². The van der Waals surface area contributed by atoms with Crippen LogP contribution < -0.4 is 5.32 Å². The molecule has 0 spiro atoms. The highest BCUT2D eigenvalue weighted by Gasteiger charge is 2.26. The largest absolute Gasteiger partial charge is 0.508 e. The van der Waals surface area contributed by atoms with Crippen molar-refractivity contribution in [2.45, 2.75) is 37.6 Å². The van der Waals surface area contributed by atoms with Crippen molar-refractivity contribution in [3.8, 4) is 5.75 Å². The maximum absolute atomic E-state index is 12.8. The van der Waals surface area contributed by atoms with Crippen molar-refractivity contribution in [1.82, 2.24) is 4.31 Å². The second-order valence-electron chi connectivity index (χ2n) is 6.42. The lowest BCUT2D eigenvalue weighted by molar-refractivity contribution is 0.346. The second-order valence-corrected chi connectivity index (χ2v) is 8.36. The Morgan fingerprint density at radius 1 is 1.08 bits per heavy atom. The zero-order valence-corrected chi connectivity index (χ0v) is 15.2. The fourth-order valence-electron chi connectivity index (χ4n) is 3.06. The molecule has 0 bridgehead atoms. The smallest absolute Gasteiger partial charge is 0.243 e. The molecule has 0 amide bonds. The standard InChI is InChI=1S/C19H24N2O3S/c1-15-9-10-17(25(23,24)21-11-5-2-6-12-21)13-18(15)20-14-16-7-3-4-8-19(16)22/h3-4,7-10,13,20,22H,2,5-6,11-12,14H2,1H3. The van der Waals surface area contributed by atoms with E-state index in [1.807, 2.05) is 25.1 Å². The predicted molar refractivity (Wildman–Crippen MR) is 99.2 cm³/mol. The molecule has 3 rings (SSSR count). The van der Waals surface area contributed by atoms with E-state index in [0.29, 0.717) is 24.5 Å². The number of piperidine rings is 1. The Kier molecular flexibility index (Phi) is 5.30. The van der Waals surface area contributed by atoms with Crippen molar-refractivity contribution in [1.29, 1.82) is 0 Å². The van der Waals surface area contributed by atoms with Gasteiger partial charge in [-0.25, -0.2) is 8.42 Å². The first-order chi connectivity index (χ1) is 12.0. The van der Waals surface area contributed by atoms with Gasteiger partial charge >= 0.3 is 0 Å². The maximum atomic E-state index is 12.8. The normalized spacial score (nSPS) is 15.9. The van der Waals surface area contributed by atoms with Crippen molar-refractivity contribution >= 4 is 15.7 Å². The van der Waals surface area contributed by atoms with Gasteiger partial charge in [-0.3, -0.25) is 0 Å². The van der Waals surface area contributed by atoms with Gasteiger partial charge in [0.1, 0.15) is 5.75 Å². The highest BCUT2D eigenvalue weighted by Crippen LogP contribution is 2.26. The molecule has 1 fully saturated rings. The lowest BCUT2D eigenvalue weighted by Gasteiger charge is -2.26. The fraction of sp³-hybridized carbons (Fsp3) is 0.368. The number of nitrogens with zero attached hydrogens (tertiary/aromatic N) is 1. The first-order valence-corrected chi connectivity index (χ1v) is 10.0. The molecule has 0 radical (unpaired) electrons. The molecule has 25 heavy (non-hydrogen) atoms. The number of anilines is 1. The molecule has 0 aliphatic carbocycles. The summed E-state index contributed by atoms with van der Waals surface area (Å²) in [4.78, 5) is 0.319. The van der Waals surface area contributed by atoms with Crippen LogP contribution in [0.3, 0.4) is 0 Å². The van der Waals surface area contributed by atoms with Crippen LogP contribution >= 0.6 is 0 Å². The van der Waals surface area contributed by atoms with E-state index >= 15 is 0 Å². The lowest BCUT2D eigenvalue weighted by Crippen LogP contribution is -2.35. The first-order valence-electron chi connectivity index (χ1n) is 8.60. The van der Waals surface area contributed by atoms with Crippen LogP contribution in [-0.2, 0) is 16.6 Å². The molecule has 0 aromatic heterocycles. The molecule has 0 atom stereocenters. The van der Waals surface area contributed by atoms with Crippen LogP contribution in [0.4, 0.5) is 5.69 Å². The quantitative estimate of drug-likeness (QED) is 0.856. The molecule has 6 heteroatoms. The number of benzene rings is 2. The maximum Gasteiger partial charge on any atom is 0.243 e. The Hall–Kier alpha value is -2.05. The molecular weight excluding hydrogens is 336 g/mol. The Bertz CT molecular complexity index is 843. The molecule has 0 unspecified atom stereocenters. The lowest BCUT2D eigenvalue weighted by atomic mass is 10.1. The average molecular weight is 360 g/mol. The van der Waals surface area contributed by atoms with Crippen LogP contribution in [0, 0.1) is 6.92 Å². The monoisotopic (exact) mass is 360 g/mol. The number of sulfonamides is 1. The summed E-state index contributed by atoms with van der Waals surface area (Å²) in [6, 6.07) is 12.3. The van der Waals surface area contributed by atoms with Gasteiger partial charge in [0.25, 0.3) is 0 Å². The Morgan fingerprint density at radius 2 is 1.80 bits per heavy atom. The fourth-order valence-corrected chi connectivity index (χ4v) is 4.60. The number of para-hydroxylation sites is 1. The molecule has 5 nitrogen and oxygen atoms in total. The van der Waals surface area contributed by atoms with Crippen LogP contribution in [0.2, 0.25) is 0 Å². The number of nitrogens with one attached hydrogen (secondary N) is 1. The van der Waals surface area contributed by atoms with Gasteiger partial charge in [-0.15, -0.1) is 0 Å². The molecule has 134 valence electrons.